The molecule has 1 atom stereocenters. The average molecular weight is 442 g/mol. The van der Waals surface area contributed by atoms with Crippen molar-refractivity contribution in [2.24, 2.45) is 5.92 Å². The number of hydrogen-bond acceptors (Lipinski definition) is 4. The molecule has 0 bridgehead atoms. The van der Waals surface area contributed by atoms with Crippen LogP contribution < -0.4 is 5.56 Å². The van der Waals surface area contributed by atoms with Gasteiger partial charge in [-0.25, -0.2) is 4.98 Å². The number of halogens is 1. The molecule has 158 valence electrons. The summed E-state index contributed by atoms with van der Waals surface area (Å²) in [6, 6.07) is 8.14. The molecular weight excluding hydrogens is 414 g/mol. The van der Waals surface area contributed by atoms with E-state index in [0.717, 1.165) is 71.8 Å². The molecule has 1 aromatic carbocycles. The van der Waals surface area contributed by atoms with Crippen LogP contribution in [0.3, 0.4) is 0 Å². The van der Waals surface area contributed by atoms with Gasteiger partial charge in [-0.2, -0.15) is 0 Å². The molecule has 1 aliphatic carbocycles. The number of rotatable bonds is 3. The van der Waals surface area contributed by atoms with Crippen LogP contribution in [0.1, 0.15) is 54.1 Å². The van der Waals surface area contributed by atoms with E-state index in [-0.39, 0.29) is 11.6 Å². The fourth-order valence-corrected chi connectivity index (χ4v) is 6.63. The van der Waals surface area contributed by atoms with E-state index < -0.39 is 0 Å². The predicted octanol–water partition coefficient (Wildman–Crippen LogP) is 5.09. The zero-order chi connectivity index (χ0) is 20.8. The van der Waals surface area contributed by atoms with Crippen LogP contribution in [-0.2, 0) is 19.3 Å². The number of hydrogen-bond donors (Lipinski definition) is 0. The van der Waals surface area contributed by atoms with E-state index in [1.54, 1.807) is 11.3 Å². The van der Waals surface area contributed by atoms with Crippen molar-refractivity contribution >= 4 is 33.2 Å². The Balaban J connectivity index is 1.66. The Morgan fingerprint density at radius 3 is 2.80 bits per heavy atom. The Labute approximate surface area is 186 Å². The summed E-state index contributed by atoms with van der Waals surface area (Å²) in [5.74, 6) is 1.57. The first-order valence-electron chi connectivity index (χ1n) is 11.0. The summed E-state index contributed by atoms with van der Waals surface area (Å²) < 4.78 is 2.04. The second kappa shape index (κ2) is 8.10. The lowest BCUT2D eigenvalue weighted by molar-refractivity contribution is 0.216. The van der Waals surface area contributed by atoms with Gasteiger partial charge in [0.15, 0.2) is 0 Å². The van der Waals surface area contributed by atoms with E-state index in [1.165, 1.54) is 10.4 Å². The normalized spacial score (nSPS) is 20.6. The smallest absolute Gasteiger partial charge is 0.262 e. The molecule has 0 N–H and O–H groups in total. The van der Waals surface area contributed by atoms with Gasteiger partial charge < -0.3 is 4.90 Å². The van der Waals surface area contributed by atoms with Crippen LogP contribution in [0.4, 0.5) is 0 Å². The number of nitrogens with zero attached hydrogens (tertiary/aromatic N) is 3. The third kappa shape index (κ3) is 3.72. The zero-order valence-corrected chi connectivity index (χ0v) is 19.2. The first-order chi connectivity index (χ1) is 14.5. The highest BCUT2D eigenvalue weighted by Gasteiger charge is 2.28. The summed E-state index contributed by atoms with van der Waals surface area (Å²) in [6.45, 7) is 4.35. The van der Waals surface area contributed by atoms with Crippen LogP contribution in [-0.4, -0.2) is 34.6 Å². The summed E-state index contributed by atoms with van der Waals surface area (Å²) >= 11 is 7.97. The molecule has 0 saturated carbocycles. The largest absolute Gasteiger partial charge is 0.306 e. The van der Waals surface area contributed by atoms with Crippen molar-refractivity contribution in [3.8, 4) is 0 Å². The number of thiophene rings is 1. The Kier molecular flexibility index (Phi) is 5.46. The fraction of sp³-hybridized carbons (Fsp3) is 0.500. The Hall–Kier alpha value is -1.69. The Morgan fingerprint density at radius 2 is 2.03 bits per heavy atom. The summed E-state index contributed by atoms with van der Waals surface area (Å²) in [5.41, 5.74) is 2.56. The van der Waals surface area contributed by atoms with E-state index in [2.05, 4.69) is 24.9 Å². The van der Waals surface area contributed by atoms with Gasteiger partial charge in [0.25, 0.3) is 5.56 Å². The molecule has 0 spiro atoms. The van der Waals surface area contributed by atoms with Gasteiger partial charge >= 0.3 is 0 Å². The van der Waals surface area contributed by atoms with E-state index in [0.29, 0.717) is 12.3 Å². The molecule has 0 radical (unpaired) electrons. The first-order valence-corrected chi connectivity index (χ1v) is 12.2. The lowest BCUT2D eigenvalue weighted by Crippen LogP contribution is -2.37. The number of piperidine rings is 1. The predicted molar refractivity (Wildman–Crippen MR) is 125 cm³/mol. The van der Waals surface area contributed by atoms with Crippen LogP contribution >= 0.6 is 22.9 Å². The number of likely N-dealkylation sites (tertiary alicyclic amines) is 1. The molecule has 2 aliphatic rings. The molecule has 5 rings (SSSR count). The first kappa shape index (κ1) is 20.2. The lowest BCUT2D eigenvalue weighted by Gasteiger charge is -2.31. The van der Waals surface area contributed by atoms with Crippen LogP contribution in [0.15, 0.2) is 29.1 Å². The SMILES string of the molecule is CC1CCc2c(sc3nc(Cc4cccc(Cl)c4)n(C4CCN(C)CC4)c(=O)c23)C1. The molecule has 1 unspecified atom stereocenters. The van der Waals surface area contributed by atoms with Crippen molar-refractivity contribution in [1.82, 2.24) is 14.5 Å². The van der Waals surface area contributed by atoms with Gasteiger partial charge in [-0.05, 0) is 81.4 Å². The van der Waals surface area contributed by atoms with Crippen LogP contribution in [0.25, 0.3) is 10.2 Å². The molecule has 0 amide bonds. The van der Waals surface area contributed by atoms with E-state index >= 15 is 0 Å². The van der Waals surface area contributed by atoms with E-state index in [1.807, 2.05) is 22.8 Å². The van der Waals surface area contributed by atoms with Gasteiger partial charge in [-0.15, -0.1) is 11.3 Å². The molecule has 6 heteroatoms. The lowest BCUT2D eigenvalue weighted by atomic mass is 9.89. The molecule has 30 heavy (non-hydrogen) atoms. The van der Waals surface area contributed by atoms with Gasteiger partial charge in [0.1, 0.15) is 10.7 Å². The maximum Gasteiger partial charge on any atom is 0.262 e. The molecular formula is C24H28ClN3OS. The minimum Gasteiger partial charge on any atom is -0.306 e. The van der Waals surface area contributed by atoms with Gasteiger partial charge in [-0.1, -0.05) is 30.7 Å². The minimum absolute atomic E-state index is 0.179. The number of fused-ring (bicyclic) bond motifs is 3. The second-order valence-electron chi connectivity index (χ2n) is 9.08. The quantitative estimate of drug-likeness (QED) is 0.567. The molecule has 3 aromatic rings. The molecule has 3 heterocycles. The average Bonchev–Trinajstić information content (AvgIpc) is 3.07. The third-order valence-electron chi connectivity index (χ3n) is 6.74. The van der Waals surface area contributed by atoms with Crippen molar-refractivity contribution in [1.29, 1.82) is 0 Å². The summed E-state index contributed by atoms with van der Waals surface area (Å²) in [4.78, 5) is 23.7. The summed E-state index contributed by atoms with van der Waals surface area (Å²) in [6.07, 6.45) is 5.88. The van der Waals surface area contributed by atoms with Crippen molar-refractivity contribution < 1.29 is 0 Å². The highest BCUT2D eigenvalue weighted by atomic mass is 35.5. The monoisotopic (exact) mass is 441 g/mol. The van der Waals surface area contributed by atoms with Crippen LogP contribution in [0, 0.1) is 5.92 Å². The topological polar surface area (TPSA) is 38.1 Å². The van der Waals surface area contributed by atoms with Crippen LogP contribution in [0.5, 0.6) is 0 Å². The van der Waals surface area contributed by atoms with Gasteiger partial charge in [-0.3, -0.25) is 9.36 Å². The van der Waals surface area contributed by atoms with Crippen LogP contribution in [0.2, 0.25) is 5.02 Å². The zero-order valence-electron chi connectivity index (χ0n) is 17.7. The fourth-order valence-electron chi connectivity index (χ4n) is 5.03. The Morgan fingerprint density at radius 1 is 1.23 bits per heavy atom. The maximum absolute atomic E-state index is 13.9. The number of aryl methyl sites for hydroxylation is 1. The van der Waals surface area contributed by atoms with Gasteiger partial charge in [0.2, 0.25) is 0 Å². The summed E-state index contributed by atoms with van der Waals surface area (Å²) in [5, 5.41) is 1.62. The van der Waals surface area contributed by atoms with Gasteiger partial charge in [0, 0.05) is 22.4 Å². The van der Waals surface area contributed by atoms with Crippen molar-refractivity contribution in [3.63, 3.8) is 0 Å². The maximum atomic E-state index is 13.9. The van der Waals surface area contributed by atoms with Crippen molar-refractivity contribution in [2.45, 2.75) is 51.5 Å². The third-order valence-corrected chi connectivity index (χ3v) is 8.12. The number of aromatic nitrogens is 2. The molecule has 2 aromatic heterocycles. The van der Waals surface area contributed by atoms with E-state index in [4.69, 9.17) is 16.6 Å². The standard InChI is InChI=1S/C24H28ClN3OS/c1-15-6-7-19-20(12-15)30-23-22(19)24(29)28(18-8-10-27(2)11-9-18)21(26-23)14-16-4-3-5-17(25)13-16/h3-5,13,15,18H,6-12,14H2,1-2H3. The molecule has 1 saturated heterocycles. The van der Waals surface area contributed by atoms with Crippen molar-refractivity contribution in [2.75, 3.05) is 20.1 Å². The molecule has 1 fully saturated rings. The Bertz CT molecular complexity index is 1140. The molecule has 1 aliphatic heterocycles. The highest BCUT2D eigenvalue weighted by Crippen LogP contribution is 2.36. The molecule has 4 nitrogen and oxygen atoms in total. The van der Waals surface area contributed by atoms with Gasteiger partial charge in [0.05, 0.1) is 5.39 Å². The highest BCUT2D eigenvalue weighted by molar-refractivity contribution is 7.18. The summed E-state index contributed by atoms with van der Waals surface area (Å²) in [7, 11) is 2.16. The number of benzene rings is 1. The second-order valence-corrected chi connectivity index (χ2v) is 10.6. The van der Waals surface area contributed by atoms with Crippen molar-refractivity contribution in [3.05, 3.63) is 61.5 Å². The minimum atomic E-state index is 0.179. The van der Waals surface area contributed by atoms with E-state index in [9.17, 15) is 4.79 Å².